The van der Waals surface area contributed by atoms with Gasteiger partial charge in [0, 0.05) is 19.6 Å². The summed E-state index contributed by atoms with van der Waals surface area (Å²) in [5, 5.41) is 7.04. The molecule has 0 radical (unpaired) electrons. The van der Waals surface area contributed by atoms with E-state index in [9.17, 15) is 4.79 Å². The van der Waals surface area contributed by atoms with Crippen LogP contribution in [0.25, 0.3) is 10.2 Å². The van der Waals surface area contributed by atoms with Gasteiger partial charge in [0.25, 0.3) is 5.56 Å². The highest BCUT2D eigenvalue weighted by Gasteiger charge is 2.19. The first-order valence-corrected chi connectivity index (χ1v) is 9.51. The van der Waals surface area contributed by atoms with Crippen LogP contribution in [0.2, 0.25) is 0 Å². The van der Waals surface area contributed by atoms with Crippen LogP contribution in [0, 0.1) is 0 Å². The maximum absolute atomic E-state index is 12.7. The Labute approximate surface area is 143 Å². The molecule has 0 aromatic carbocycles. The van der Waals surface area contributed by atoms with E-state index in [1.165, 1.54) is 27.9 Å². The molecule has 0 N–H and O–H groups in total. The molecule has 1 aliphatic rings. The number of thiophene rings is 2. The molecule has 3 aromatic heterocycles. The lowest BCUT2D eigenvalue weighted by atomic mass is 9.97. The Bertz CT molecular complexity index is 938. The fourth-order valence-electron chi connectivity index (χ4n) is 2.73. The van der Waals surface area contributed by atoms with E-state index in [1.807, 2.05) is 11.4 Å². The van der Waals surface area contributed by atoms with Gasteiger partial charge in [-0.15, -0.1) is 22.7 Å². The van der Waals surface area contributed by atoms with Crippen molar-refractivity contribution in [2.75, 3.05) is 0 Å². The van der Waals surface area contributed by atoms with Crippen molar-refractivity contribution >= 4 is 55.0 Å². The maximum atomic E-state index is 12.7. The molecule has 0 fully saturated rings. The molecular weight excluding hydrogens is 382 g/mol. The van der Waals surface area contributed by atoms with Gasteiger partial charge >= 0.3 is 0 Å². The number of aromatic nitrogens is 2. The monoisotopic (exact) mass is 393 g/mol. The van der Waals surface area contributed by atoms with Crippen LogP contribution in [-0.4, -0.2) is 15.9 Å². The summed E-state index contributed by atoms with van der Waals surface area (Å²) in [5.41, 5.74) is 1.14. The summed E-state index contributed by atoms with van der Waals surface area (Å²) < 4.78 is 2.36. The third-order valence-electron chi connectivity index (χ3n) is 3.76. The topological polar surface area (TPSA) is 47.2 Å². The Balaban J connectivity index is 1.80. The van der Waals surface area contributed by atoms with Crippen molar-refractivity contribution in [2.24, 2.45) is 5.10 Å². The largest absolute Gasteiger partial charge is 0.282 e. The number of halogens is 1. The van der Waals surface area contributed by atoms with Crippen molar-refractivity contribution in [3.63, 3.8) is 0 Å². The summed E-state index contributed by atoms with van der Waals surface area (Å²) in [6.45, 7) is 0. The van der Waals surface area contributed by atoms with Crippen LogP contribution in [-0.2, 0) is 12.8 Å². The van der Waals surface area contributed by atoms with Gasteiger partial charge in [-0.05, 0) is 53.2 Å². The van der Waals surface area contributed by atoms with Gasteiger partial charge in [0.15, 0.2) is 0 Å². The highest BCUT2D eigenvalue weighted by Crippen LogP contribution is 2.33. The summed E-state index contributed by atoms with van der Waals surface area (Å²) in [4.78, 5) is 20.3. The van der Waals surface area contributed by atoms with Gasteiger partial charge in [-0.1, -0.05) is 0 Å². The minimum atomic E-state index is -0.0590. The van der Waals surface area contributed by atoms with E-state index in [1.54, 1.807) is 28.9 Å². The zero-order valence-electron chi connectivity index (χ0n) is 11.6. The molecule has 1 aliphatic carbocycles. The minimum Gasteiger partial charge on any atom is -0.267 e. The van der Waals surface area contributed by atoms with Crippen LogP contribution < -0.4 is 5.56 Å². The minimum absolute atomic E-state index is 0.0590. The fraction of sp³-hybridized carbons (Fsp3) is 0.267. The third-order valence-corrected chi connectivity index (χ3v) is 6.58. The second-order valence-corrected chi connectivity index (χ2v) is 8.14. The van der Waals surface area contributed by atoms with Crippen molar-refractivity contribution in [3.8, 4) is 0 Å². The Kier molecular flexibility index (Phi) is 3.71. The fourth-order valence-corrected chi connectivity index (χ4v) is 5.25. The molecule has 0 bridgehead atoms. The Morgan fingerprint density at radius 3 is 3.05 bits per heavy atom. The number of rotatable bonds is 2. The standard InChI is InChI=1S/C15H12BrN3OS2/c16-9-5-10(21-7-9)6-18-19-8-17-14-13(15(19)20)11-3-1-2-4-12(11)22-14/h5-8H,1-4H2/b18-6+. The molecule has 0 amide bonds. The van der Waals surface area contributed by atoms with Crippen molar-refractivity contribution in [1.82, 2.24) is 9.66 Å². The second kappa shape index (κ2) is 5.72. The van der Waals surface area contributed by atoms with Crippen LogP contribution in [0.5, 0.6) is 0 Å². The molecule has 0 saturated carbocycles. The van der Waals surface area contributed by atoms with Gasteiger partial charge in [0.05, 0.1) is 11.6 Å². The predicted octanol–water partition coefficient (Wildman–Crippen LogP) is 4.04. The highest BCUT2D eigenvalue weighted by molar-refractivity contribution is 9.10. The van der Waals surface area contributed by atoms with E-state index >= 15 is 0 Å². The van der Waals surface area contributed by atoms with Crippen LogP contribution in [0.4, 0.5) is 0 Å². The lowest BCUT2D eigenvalue weighted by Gasteiger charge is -2.09. The lowest BCUT2D eigenvalue weighted by Crippen LogP contribution is -2.17. The predicted molar refractivity (Wildman–Crippen MR) is 95.5 cm³/mol. The van der Waals surface area contributed by atoms with Crippen molar-refractivity contribution < 1.29 is 0 Å². The van der Waals surface area contributed by atoms with E-state index in [0.717, 1.165) is 38.8 Å². The average molecular weight is 394 g/mol. The second-order valence-electron chi connectivity index (χ2n) is 5.20. The first-order valence-electron chi connectivity index (χ1n) is 7.02. The molecule has 3 heterocycles. The van der Waals surface area contributed by atoms with Crippen LogP contribution >= 0.6 is 38.6 Å². The first-order chi connectivity index (χ1) is 10.7. The number of hydrogen-bond acceptors (Lipinski definition) is 5. The zero-order valence-corrected chi connectivity index (χ0v) is 14.8. The molecular formula is C15H12BrN3OS2. The van der Waals surface area contributed by atoms with E-state index in [-0.39, 0.29) is 5.56 Å². The van der Waals surface area contributed by atoms with Crippen molar-refractivity contribution in [3.05, 3.63) is 47.9 Å². The van der Waals surface area contributed by atoms with Crippen molar-refractivity contribution in [2.45, 2.75) is 25.7 Å². The average Bonchev–Trinajstić information content (AvgIpc) is 3.10. The smallest absolute Gasteiger partial charge is 0.267 e. The number of hydrogen-bond donors (Lipinski definition) is 0. The Morgan fingerprint density at radius 1 is 1.36 bits per heavy atom. The summed E-state index contributed by atoms with van der Waals surface area (Å²) in [6.07, 6.45) is 7.63. The third kappa shape index (κ3) is 2.47. The maximum Gasteiger partial charge on any atom is 0.282 e. The highest BCUT2D eigenvalue weighted by atomic mass is 79.9. The van der Waals surface area contributed by atoms with E-state index in [4.69, 9.17) is 0 Å². The molecule has 0 unspecified atom stereocenters. The normalized spacial score (nSPS) is 14.8. The molecule has 7 heteroatoms. The molecule has 0 spiro atoms. The number of aryl methyl sites for hydroxylation is 2. The van der Waals surface area contributed by atoms with E-state index in [0.29, 0.717) is 0 Å². The summed E-state index contributed by atoms with van der Waals surface area (Å²) in [6, 6.07) is 1.97. The first kappa shape index (κ1) is 14.3. The SMILES string of the molecule is O=c1c2c3c(sc2ncn1/N=C/c1cc(Br)cs1)CCCC3. The molecule has 0 saturated heterocycles. The van der Waals surface area contributed by atoms with Gasteiger partial charge < -0.3 is 0 Å². The number of fused-ring (bicyclic) bond motifs is 3. The van der Waals surface area contributed by atoms with Crippen LogP contribution in [0.15, 0.2) is 32.1 Å². The van der Waals surface area contributed by atoms with Crippen molar-refractivity contribution in [1.29, 1.82) is 0 Å². The van der Waals surface area contributed by atoms with Gasteiger partial charge in [-0.25, -0.2) is 4.98 Å². The van der Waals surface area contributed by atoms with Crippen LogP contribution in [0.1, 0.15) is 28.2 Å². The van der Waals surface area contributed by atoms with Gasteiger partial charge in [0.2, 0.25) is 0 Å². The summed E-state index contributed by atoms with van der Waals surface area (Å²) in [7, 11) is 0. The van der Waals surface area contributed by atoms with E-state index < -0.39 is 0 Å². The molecule has 112 valence electrons. The molecule has 4 rings (SSSR count). The van der Waals surface area contributed by atoms with E-state index in [2.05, 4.69) is 26.0 Å². The van der Waals surface area contributed by atoms with Crippen LogP contribution in [0.3, 0.4) is 0 Å². The molecule has 3 aromatic rings. The quantitative estimate of drug-likeness (QED) is 0.616. The zero-order chi connectivity index (χ0) is 15.1. The lowest BCUT2D eigenvalue weighted by molar-refractivity contribution is 0.699. The Morgan fingerprint density at radius 2 is 2.23 bits per heavy atom. The Hall–Kier alpha value is -1.31. The van der Waals surface area contributed by atoms with Gasteiger partial charge in [-0.2, -0.15) is 9.78 Å². The summed E-state index contributed by atoms with van der Waals surface area (Å²) >= 11 is 6.64. The molecule has 0 atom stereocenters. The molecule has 0 aliphatic heterocycles. The molecule has 4 nitrogen and oxygen atoms in total. The van der Waals surface area contributed by atoms with Gasteiger partial charge in [0.1, 0.15) is 11.2 Å². The molecule has 22 heavy (non-hydrogen) atoms. The number of nitrogens with zero attached hydrogens (tertiary/aromatic N) is 3. The summed E-state index contributed by atoms with van der Waals surface area (Å²) in [5.74, 6) is 0. The van der Waals surface area contributed by atoms with Gasteiger partial charge in [-0.3, -0.25) is 4.79 Å².